The van der Waals surface area contributed by atoms with Crippen molar-refractivity contribution in [2.45, 2.75) is 30.7 Å². The third-order valence-corrected chi connectivity index (χ3v) is 9.05. The average Bonchev–Trinajstić information content (AvgIpc) is 3.42. The Kier molecular flexibility index (Phi) is 5.21. The van der Waals surface area contributed by atoms with Crippen molar-refractivity contribution in [3.63, 3.8) is 0 Å². The number of aromatic nitrogens is 1. The SMILES string of the molecule is CC1Cc2cccc3c(=O)c(C(=O)Nc4ccc5c(c4)N(S(=O)(=O)c4ccc(Cl)cc4)CC5)cn1c23. The predicted molar refractivity (Wildman–Crippen MR) is 141 cm³/mol. The quantitative estimate of drug-likeness (QED) is 0.420. The minimum atomic E-state index is -3.80. The van der Waals surface area contributed by atoms with E-state index in [1.165, 1.54) is 16.4 Å². The van der Waals surface area contributed by atoms with Crippen LogP contribution in [0.15, 0.2) is 76.6 Å². The maximum atomic E-state index is 13.3. The van der Waals surface area contributed by atoms with E-state index in [0.29, 0.717) is 34.7 Å². The van der Waals surface area contributed by atoms with E-state index in [4.69, 9.17) is 11.6 Å². The van der Waals surface area contributed by atoms with Crippen molar-refractivity contribution in [2.24, 2.45) is 0 Å². The van der Waals surface area contributed by atoms with Gasteiger partial charge in [-0.05, 0) is 73.4 Å². The smallest absolute Gasteiger partial charge is 0.264 e. The standard InChI is InChI=1S/C27H22ClN3O4S/c1-16-13-18-3-2-4-22-25(18)30(16)15-23(26(22)32)27(33)29-20-8-5-17-11-12-31(24(17)14-20)36(34,35)21-9-6-19(28)7-10-21/h2-10,14-16H,11-13H2,1H3,(H,29,33). The Morgan fingerprint density at radius 2 is 1.83 bits per heavy atom. The highest BCUT2D eigenvalue weighted by Crippen LogP contribution is 2.36. The van der Waals surface area contributed by atoms with Gasteiger partial charge in [-0.25, -0.2) is 8.42 Å². The zero-order valence-corrected chi connectivity index (χ0v) is 20.9. The van der Waals surface area contributed by atoms with Crippen molar-refractivity contribution in [3.8, 4) is 0 Å². The van der Waals surface area contributed by atoms with E-state index < -0.39 is 15.9 Å². The lowest BCUT2D eigenvalue weighted by atomic mass is 10.1. The number of amides is 1. The largest absolute Gasteiger partial charge is 0.343 e. The maximum Gasteiger partial charge on any atom is 0.264 e. The lowest BCUT2D eigenvalue weighted by molar-refractivity contribution is 0.102. The van der Waals surface area contributed by atoms with Crippen LogP contribution in [-0.2, 0) is 22.9 Å². The highest BCUT2D eigenvalue weighted by Gasteiger charge is 2.31. The van der Waals surface area contributed by atoms with Gasteiger partial charge in [0.05, 0.1) is 16.1 Å². The molecule has 3 aromatic carbocycles. The van der Waals surface area contributed by atoms with Crippen LogP contribution in [0.3, 0.4) is 0 Å². The molecule has 0 radical (unpaired) electrons. The van der Waals surface area contributed by atoms with Crippen LogP contribution in [0.2, 0.25) is 5.02 Å². The van der Waals surface area contributed by atoms with Crippen LogP contribution in [0.5, 0.6) is 0 Å². The van der Waals surface area contributed by atoms with Crippen LogP contribution in [-0.4, -0.2) is 25.4 Å². The second-order valence-corrected chi connectivity index (χ2v) is 11.5. The number of anilines is 2. The first-order valence-electron chi connectivity index (χ1n) is 11.6. The molecule has 9 heteroatoms. The predicted octanol–water partition coefficient (Wildman–Crippen LogP) is 4.78. The molecule has 1 N–H and O–H groups in total. The molecule has 0 fully saturated rings. The third-order valence-electron chi connectivity index (χ3n) is 6.97. The Bertz CT molecular complexity index is 1730. The molecule has 6 rings (SSSR count). The molecule has 7 nitrogen and oxygen atoms in total. The molecule has 1 aromatic heterocycles. The van der Waals surface area contributed by atoms with Crippen LogP contribution < -0.4 is 15.1 Å². The zero-order valence-electron chi connectivity index (χ0n) is 19.4. The first kappa shape index (κ1) is 22.8. The van der Waals surface area contributed by atoms with Gasteiger partial charge in [0.2, 0.25) is 5.43 Å². The van der Waals surface area contributed by atoms with E-state index >= 15 is 0 Å². The Balaban J connectivity index is 1.34. The minimum Gasteiger partial charge on any atom is -0.343 e. The number of nitrogens with one attached hydrogen (secondary N) is 1. The lowest BCUT2D eigenvalue weighted by Crippen LogP contribution is -2.29. The highest BCUT2D eigenvalue weighted by atomic mass is 35.5. The maximum absolute atomic E-state index is 13.3. The van der Waals surface area contributed by atoms with Crippen molar-refractivity contribution < 1.29 is 13.2 Å². The average molecular weight is 520 g/mol. The second kappa shape index (κ2) is 8.21. The molecule has 1 amide bonds. The number of benzene rings is 3. The van der Waals surface area contributed by atoms with Gasteiger partial charge in [0.1, 0.15) is 5.56 Å². The van der Waals surface area contributed by atoms with Gasteiger partial charge in [0, 0.05) is 34.9 Å². The molecule has 0 saturated heterocycles. The summed E-state index contributed by atoms with van der Waals surface area (Å²) < 4.78 is 29.9. The number of rotatable bonds is 4. The van der Waals surface area contributed by atoms with Gasteiger partial charge in [0.15, 0.2) is 0 Å². The fourth-order valence-corrected chi connectivity index (χ4v) is 6.81. The van der Waals surface area contributed by atoms with E-state index in [0.717, 1.165) is 23.1 Å². The summed E-state index contributed by atoms with van der Waals surface area (Å²) >= 11 is 5.92. The van der Waals surface area contributed by atoms with Gasteiger partial charge >= 0.3 is 0 Å². The summed E-state index contributed by atoms with van der Waals surface area (Å²) in [6, 6.07) is 17.0. The molecule has 1 atom stereocenters. The van der Waals surface area contributed by atoms with Crippen LogP contribution in [0.1, 0.15) is 34.5 Å². The number of fused-ring (bicyclic) bond motifs is 1. The summed E-state index contributed by atoms with van der Waals surface area (Å²) in [5, 5.41) is 3.78. The molecule has 36 heavy (non-hydrogen) atoms. The molecule has 1 unspecified atom stereocenters. The topological polar surface area (TPSA) is 88.5 Å². The Morgan fingerprint density at radius 1 is 1.06 bits per heavy atom. The molecular formula is C27H22ClN3O4S. The van der Waals surface area contributed by atoms with E-state index in [9.17, 15) is 18.0 Å². The zero-order chi connectivity index (χ0) is 25.2. The Labute approximate surface area is 213 Å². The fourth-order valence-electron chi connectivity index (χ4n) is 5.19. The van der Waals surface area contributed by atoms with Crippen molar-refractivity contribution in [3.05, 3.63) is 98.8 Å². The van der Waals surface area contributed by atoms with Crippen LogP contribution in [0.25, 0.3) is 10.9 Å². The first-order chi connectivity index (χ1) is 17.2. The summed E-state index contributed by atoms with van der Waals surface area (Å²) in [4.78, 5) is 26.6. The number of pyridine rings is 1. The molecule has 4 aromatic rings. The summed E-state index contributed by atoms with van der Waals surface area (Å²) in [7, 11) is -3.80. The molecule has 0 bridgehead atoms. The Hall–Kier alpha value is -3.62. The molecule has 2 aliphatic rings. The lowest BCUT2D eigenvalue weighted by Gasteiger charge is -2.20. The van der Waals surface area contributed by atoms with Gasteiger partial charge in [-0.2, -0.15) is 0 Å². The van der Waals surface area contributed by atoms with E-state index in [-0.39, 0.29) is 21.9 Å². The van der Waals surface area contributed by atoms with Crippen molar-refractivity contribution >= 4 is 49.8 Å². The number of hydrogen-bond donors (Lipinski definition) is 1. The molecular weight excluding hydrogens is 498 g/mol. The number of para-hydroxylation sites is 1. The molecule has 0 saturated carbocycles. The van der Waals surface area contributed by atoms with E-state index in [1.807, 2.05) is 22.8 Å². The number of nitrogens with zero attached hydrogens (tertiary/aromatic N) is 2. The summed E-state index contributed by atoms with van der Waals surface area (Å²) in [5.74, 6) is -0.528. The molecule has 2 aliphatic heterocycles. The number of carbonyl (C=O) groups is 1. The highest BCUT2D eigenvalue weighted by molar-refractivity contribution is 7.92. The molecule has 0 aliphatic carbocycles. The van der Waals surface area contributed by atoms with Crippen molar-refractivity contribution in [2.75, 3.05) is 16.2 Å². The number of halogens is 1. The summed E-state index contributed by atoms with van der Waals surface area (Å²) in [5.41, 5.74) is 3.51. The summed E-state index contributed by atoms with van der Waals surface area (Å²) in [6.45, 7) is 2.36. The molecule has 3 heterocycles. The fraction of sp³-hybridized carbons (Fsp3) is 0.185. The molecule has 182 valence electrons. The number of hydrogen-bond acceptors (Lipinski definition) is 4. The van der Waals surface area contributed by atoms with Gasteiger partial charge < -0.3 is 9.88 Å². The third kappa shape index (κ3) is 3.51. The van der Waals surface area contributed by atoms with E-state index in [2.05, 4.69) is 12.2 Å². The Morgan fingerprint density at radius 3 is 2.61 bits per heavy atom. The van der Waals surface area contributed by atoms with Crippen molar-refractivity contribution in [1.29, 1.82) is 0 Å². The normalized spacial score (nSPS) is 16.4. The van der Waals surface area contributed by atoms with Gasteiger partial charge in [-0.3, -0.25) is 13.9 Å². The monoisotopic (exact) mass is 519 g/mol. The second-order valence-electron chi connectivity index (χ2n) is 9.22. The number of sulfonamides is 1. The summed E-state index contributed by atoms with van der Waals surface area (Å²) in [6.07, 6.45) is 3.00. The van der Waals surface area contributed by atoms with Gasteiger partial charge in [-0.15, -0.1) is 0 Å². The molecule has 0 spiro atoms. The van der Waals surface area contributed by atoms with Crippen molar-refractivity contribution in [1.82, 2.24) is 4.57 Å². The van der Waals surface area contributed by atoms with Crippen LogP contribution in [0.4, 0.5) is 11.4 Å². The minimum absolute atomic E-state index is 0.0551. The number of carbonyl (C=O) groups excluding carboxylic acids is 1. The van der Waals surface area contributed by atoms with Crippen LogP contribution >= 0.6 is 11.6 Å². The first-order valence-corrected chi connectivity index (χ1v) is 13.4. The van der Waals surface area contributed by atoms with Gasteiger partial charge in [-0.1, -0.05) is 29.8 Å². The van der Waals surface area contributed by atoms with Crippen LogP contribution in [0, 0.1) is 0 Å². The van der Waals surface area contributed by atoms with E-state index in [1.54, 1.807) is 36.5 Å². The van der Waals surface area contributed by atoms with Gasteiger partial charge in [0.25, 0.3) is 15.9 Å².